The van der Waals surface area contributed by atoms with Crippen LogP contribution >= 0.6 is 0 Å². The summed E-state index contributed by atoms with van der Waals surface area (Å²) in [5.41, 5.74) is 3.28. The molecule has 152 valence electrons. The third-order valence-corrected chi connectivity index (χ3v) is 6.38. The fourth-order valence-electron chi connectivity index (χ4n) is 4.67. The van der Waals surface area contributed by atoms with Gasteiger partial charge in [-0.1, -0.05) is 22.9 Å². The summed E-state index contributed by atoms with van der Waals surface area (Å²) in [4.78, 5) is 28.1. The second-order valence-corrected chi connectivity index (χ2v) is 8.35. The third-order valence-electron chi connectivity index (χ3n) is 6.38. The zero-order valence-electron chi connectivity index (χ0n) is 16.8. The number of fused-ring (bicyclic) bond motifs is 2. The summed E-state index contributed by atoms with van der Waals surface area (Å²) in [6.45, 7) is 4.34. The van der Waals surface area contributed by atoms with Gasteiger partial charge in [-0.25, -0.2) is 9.97 Å². The molecule has 1 saturated carbocycles. The minimum Gasteiger partial charge on any atom is -0.371 e. The molecule has 4 heterocycles. The molecule has 4 aromatic rings. The molecule has 0 N–H and O–H groups in total. The van der Waals surface area contributed by atoms with Crippen LogP contribution in [0.3, 0.4) is 0 Å². The lowest BCUT2D eigenvalue weighted by Crippen LogP contribution is -2.23. The summed E-state index contributed by atoms with van der Waals surface area (Å²) in [7, 11) is 1.78. The Morgan fingerprint density at radius 1 is 1.10 bits per heavy atom. The molecule has 9 nitrogen and oxygen atoms in total. The van der Waals surface area contributed by atoms with E-state index in [1.54, 1.807) is 17.9 Å². The molecule has 30 heavy (non-hydrogen) atoms. The maximum absolute atomic E-state index is 12.7. The van der Waals surface area contributed by atoms with E-state index >= 15 is 0 Å². The van der Waals surface area contributed by atoms with Gasteiger partial charge in [-0.2, -0.15) is 4.98 Å². The Bertz CT molecular complexity index is 1290. The van der Waals surface area contributed by atoms with E-state index in [0.717, 1.165) is 18.9 Å². The maximum Gasteiger partial charge on any atom is 0.280 e. The van der Waals surface area contributed by atoms with Crippen LogP contribution < -0.4 is 10.5 Å². The minimum absolute atomic E-state index is 0.170. The van der Waals surface area contributed by atoms with E-state index in [9.17, 15) is 4.79 Å². The smallest absolute Gasteiger partial charge is 0.280 e. The van der Waals surface area contributed by atoms with Crippen LogP contribution in [0, 0.1) is 18.8 Å². The number of piperidine rings is 1. The first kappa shape index (κ1) is 17.4. The van der Waals surface area contributed by atoms with Gasteiger partial charge in [0, 0.05) is 31.7 Å². The highest BCUT2D eigenvalue weighted by molar-refractivity contribution is 5.68. The second kappa shape index (κ2) is 6.25. The van der Waals surface area contributed by atoms with Crippen LogP contribution in [0.2, 0.25) is 0 Å². The highest BCUT2D eigenvalue weighted by Crippen LogP contribution is 2.57. The van der Waals surface area contributed by atoms with Crippen molar-refractivity contribution in [2.24, 2.45) is 18.9 Å². The monoisotopic (exact) mass is 403 g/mol. The van der Waals surface area contributed by atoms with E-state index in [1.807, 2.05) is 0 Å². The summed E-state index contributed by atoms with van der Waals surface area (Å²) < 4.78 is 8.61. The molecule has 1 saturated heterocycles. The number of nitrogens with zero attached hydrogens (tertiary/aromatic N) is 7. The molecule has 0 spiro atoms. The van der Waals surface area contributed by atoms with Gasteiger partial charge in [0.25, 0.3) is 5.56 Å². The summed E-state index contributed by atoms with van der Waals surface area (Å²) in [6.07, 6.45) is 3.06. The van der Waals surface area contributed by atoms with Crippen LogP contribution in [0.1, 0.15) is 23.2 Å². The zero-order valence-corrected chi connectivity index (χ0v) is 16.8. The van der Waals surface area contributed by atoms with E-state index < -0.39 is 0 Å². The Morgan fingerprint density at radius 3 is 2.60 bits per heavy atom. The average molecular weight is 403 g/mol. The molecular weight excluding hydrogens is 382 g/mol. The first-order valence-electron chi connectivity index (χ1n) is 10.1. The van der Waals surface area contributed by atoms with Gasteiger partial charge in [-0.05, 0) is 30.9 Å². The van der Waals surface area contributed by atoms with Gasteiger partial charge < -0.3 is 14.0 Å². The van der Waals surface area contributed by atoms with E-state index in [1.165, 1.54) is 22.1 Å². The highest BCUT2D eigenvalue weighted by Gasteiger charge is 2.58. The topological polar surface area (TPSA) is 94.9 Å². The van der Waals surface area contributed by atoms with Crippen molar-refractivity contribution in [1.29, 1.82) is 0 Å². The third kappa shape index (κ3) is 2.65. The molecule has 2 aliphatic rings. The summed E-state index contributed by atoms with van der Waals surface area (Å²) in [6, 6.07) is 8.68. The molecule has 0 radical (unpaired) electrons. The Morgan fingerprint density at radius 2 is 1.83 bits per heavy atom. The predicted molar refractivity (Wildman–Crippen MR) is 109 cm³/mol. The first-order chi connectivity index (χ1) is 14.6. The van der Waals surface area contributed by atoms with Crippen molar-refractivity contribution in [3.05, 3.63) is 64.6 Å². The Kier molecular flexibility index (Phi) is 3.62. The molecule has 0 bridgehead atoms. The number of imidazole rings is 1. The molecule has 1 aromatic carbocycles. The number of hydrogen-bond donors (Lipinski definition) is 0. The lowest BCUT2D eigenvalue weighted by atomic mass is 10.2. The molecule has 2 fully saturated rings. The molecule has 0 amide bonds. The van der Waals surface area contributed by atoms with Gasteiger partial charge in [-0.15, -0.1) is 0 Å². The van der Waals surface area contributed by atoms with E-state index in [0.29, 0.717) is 34.8 Å². The summed E-state index contributed by atoms with van der Waals surface area (Å²) in [5.74, 6) is 2.65. The number of aryl methyl sites for hydroxylation is 2. The first-order valence-corrected chi connectivity index (χ1v) is 10.1. The molecule has 9 heteroatoms. The zero-order chi connectivity index (χ0) is 20.4. The number of aromatic nitrogens is 6. The Labute approximate surface area is 172 Å². The second-order valence-electron chi connectivity index (χ2n) is 8.35. The fraction of sp³-hybridized carbons (Fsp3) is 0.381. The number of rotatable bonds is 4. The number of hydrogen-bond acceptors (Lipinski definition) is 7. The summed E-state index contributed by atoms with van der Waals surface area (Å²) >= 11 is 0. The molecular formula is C21H21N7O2. The van der Waals surface area contributed by atoms with Crippen LogP contribution in [0.5, 0.6) is 0 Å². The predicted octanol–water partition coefficient (Wildman–Crippen LogP) is 1.72. The van der Waals surface area contributed by atoms with Gasteiger partial charge in [-0.3, -0.25) is 9.36 Å². The SMILES string of the molecule is Cc1ccc(N2CC3C(C2)C3c2noc(Cn3cnc4ncn(C)c4c3=O)n2)cc1. The van der Waals surface area contributed by atoms with Gasteiger partial charge in [0.2, 0.25) is 5.89 Å². The Hall–Kier alpha value is -3.49. The van der Waals surface area contributed by atoms with Crippen LogP contribution in [-0.2, 0) is 13.6 Å². The number of anilines is 1. The van der Waals surface area contributed by atoms with Crippen molar-refractivity contribution in [3.8, 4) is 0 Å². The normalized spacial score (nSPS) is 22.6. The van der Waals surface area contributed by atoms with Crippen molar-refractivity contribution < 1.29 is 4.52 Å². The van der Waals surface area contributed by atoms with Crippen molar-refractivity contribution in [2.45, 2.75) is 19.4 Å². The lowest BCUT2D eigenvalue weighted by molar-refractivity contribution is 0.363. The van der Waals surface area contributed by atoms with Crippen LogP contribution in [0.15, 0.2) is 46.2 Å². The molecule has 1 aliphatic heterocycles. The van der Waals surface area contributed by atoms with E-state index in [2.05, 4.69) is 56.2 Å². The lowest BCUT2D eigenvalue weighted by Gasteiger charge is -2.21. The van der Waals surface area contributed by atoms with Crippen LogP contribution in [-0.4, -0.2) is 42.3 Å². The van der Waals surface area contributed by atoms with Crippen LogP contribution in [0.25, 0.3) is 11.2 Å². The number of benzene rings is 1. The molecule has 3 aromatic heterocycles. The minimum atomic E-state index is -0.170. The molecule has 1 aliphatic carbocycles. The molecule has 6 rings (SSSR count). The van der Waals surface area contributed by atoms with Crippen molar-refractivity contribution in [1.82, 2.24) is 29.2 Å². The van der Waals surface area contributed by atoms with Gasteiger partial charge in [0.1, 0.15) is 12.9 Å². The molecule has 2 unspecified atom stereocenters. The summed E-state index contributed by atoms with van der Waals surface area (Å²) in [5, 5.41) is 4.21. The van der Waals surface area contributed by atoms with Crippen LogP contribution in [0.4, 0.5) is 5.69 Å². The largest absolute Gasteiger partial charge is 0.371 e. The van der Waals surface area contributed by atoms with Crippen molar-refractivity contribution in [2.75, 3.05) is 18.0 Å². The van der Waals surface area contributed by atoms with Gasteiger partial charge >= 0.3 is 0 Å². The standard InChI is InChI=1S/C21H21N7O2/c1-12-3-5-13(6-4-12)27-7-14-15(8-27)17(14)19-24-16(30-25-19)9-28-11-23-20-18(21(28)29)26(2)10-22-20/h3-6,10-11,14-15,17H,7-9H2,1-2H3. The van der Waals surface area contributed by atoms with Crippen molar-refractivity contribution >= 4 is 16.9 Å². The molecule has 2 atom stereocenters. The van der Waals surface area contributed by atoms with Gasteiger partial charge in [0.15, 0.2) is 17.0 Å². The van der Waals surface area contributed by atoms with Crippen molar-refractivity contribution in [3.63, 3.8) is 0 Å². The average Bonchev–Trinajstić information content (AvgIpc) is 3.16. The fourth-order valence-corrected chi connectivity index (χ4v) is 4.67. The highest BCUT2D eigenvalue weighted by atomic mass is 16.5. The van der Waals surface area contributed by atoms with E-state index in [-0.39, 0.29) is 12.1 Å². The Balaban J connectivity index is 1.16. The quantitative estimate of drug-likeness (QED) is 0.512. The van der Waals surface area contributed by atoms with Gasteiger partial charge in [0.05, 0.1) is 6.33 Å². The van der Waals surface area contributed by atoms with E-state index in [4.69, 9.17) is 4.52 Å². The maximum atomic E-state index is 12.7.